The average molecular weight is 205 g/mol. The lowest BCUT2D eigenvalue weighted by molar-refractivity contribution is 0.665. The Labute approximate surface area is 88.9 Å². The van der Waals surface area contributed by atoms with E-state index in [2.05, 4.69) is 38.8 Å². The van der Waals surface area contributed by atoms with E-state index in [0.717, 1.165) is 6.42 Å². The van der Waals surface area contributed by atoms with Gasteiger partial charge in [-0.25, -0.2) is 9.98 Å². The first-order valence-electron chi connectivity index (χ1n) is 5.01. The Hall–Kier alpha value is -1.78. The zero-order valence-electron chi connectivity index (χ0n) is 8.70. The molecule has 15 heavy (non-hydrogen) atoms. The molecular weight excluding hydrogens is 190 g/mol. The summed E-state index contributed by atoms with van der Waals surface area (Å²) in [5.41, 5.74) is 6.82. The molecule has 2 rings (SSSR count). The predicted octanol–water partition coefficient (Wildman–Crippen LogP) is 0.0822. The summed E-state index contributed by atoms with van der Waals surface area (Å²) < 4.78 is 0. The number of aliphatic imine (C=N–C) groups is 2. The minimum Gasteiger partial charge on any atom is -0.370 e. The highest BCUT2D eigenvalue weighted by molar-refractivity contribution is 5.99. The molecule has 0 aromatic carbocycles. The van der Waals surface area contributed by atoms with Gasteiger partial charge in [-0.15, -0.1) is 0 Å². The van der Waals surface area contributed by atoms with E-state index in [1.165, 1.54) is 5.57 Å². The minimum atomic E-state index is -0.0156. The van der Waals surface area contributed by atoms with E-state index in [4.69, 9.17) is 5.73 Å². The third-order valence-electron chi connectivity index (χ3n) is 2.19. The molecule has 0 spiro atoms. The third-order valence-corrected chi connectivity index (χ3v) is 2.19. The summed E-state index contributed by atoms with van der Waals surface area (Å²) in [6, 6.07) is 0. The number of hydrogen-bond acceptors (Lipinski definition) is 3. The fourth-order valence-corrected chi connectivity index (χ4v) is 1.51. The monoisotopic (exact) mass is 205 g/mol. The Balaban J connectivity index is 1.96. The van der Waals surface area contributed by atoms with E-state index >= 15 is 0 Å². The van der Waals surface area contributed by atoms with Gasteiger partial charge in [0.15, 0.2) is 11.9 Å². The first-order valence-corrected chi connectivity index (χ1v) is 5.01. The largest absolute Gasteiger partial charge is 0.370 e. The van der Waals surface area contributed by atoms with Crippen molar-refractivity contribution in [1.29, 1.82) is 0 Å². The molecule has 0 radical (unpaired) electrons. The number of allylic oxidation sites excluding steroid dienone is 2. The van der Waals surface area contributed by atoms with Crippen LogP contribution >= 0.6 is 0 Å². The number of hydrogen-bond donors (Lipinski definition) is 3. The smallest absolute Gasteiger partial charge is 0.200 e. The van der Waals surface area contributed by atoms with Crippen molar-refractivity contribution in [3.05, 3.63) is 23.8 Å². The molecule has 1 atom stereocenters. The Bertz CT molecular complexity index is 364. The van der Waals surface area contributed by atoms with E-state index in [-0.39, 0.29) is 6.17 Å². The maximum atomic E-state index is 5.59. The van der Waals surface area contributed by atoms with Gasteiger partial charge in [0.25, 0.3) is 0 Å². The number of guanidine groups is 2. The maximum Gasteiger partial charge on any atom is 0.200 e. The first kappa shape index (κ1) is 9.76. The Morgan fingerprint density at radius 1 is 1.67 bits per heavy atom. The molecule has 1 aliphatic heterocycles. The number of nitrogens with one attached hydrogen (secondary N) is 2. The summed E-state index contributed by atoms with van der Waals surface area (Å²) in [4.78, 5) is 8.46. The van der Waals surface area contributed by atoms with Crippen LogP contribution in [-0.2, 0) is 0 Å². The molecule has 1 heterocycles. The molecule has 1 aliphatic carbocycles. The molecule has 0 saturated heterocycles. The molecule has 0 fully saturated rings. The van der Waals surface area contributed by atoms with Crippen molar-refractivity contribution < 1.29 is 0 Å². The van der Waals surface area contributed by atoms with Gasteiger partial charge in [0.1, 0.15) is 6.17 Å². The standard InChI is InChI=1S/C10H15N5/c1-7-13-9(11)15-10(14-7)12-6-8-4-2-3-5-8/h2,4-5,7H,3,6H2,1H3,(H4,11,12,13,14,15). The van der Waals surface area contributed by atoms with E-state index in [1.54, 1.807) is 0 Å². The topological polar surface area (TPSA) is 74.8 Å². The van der Waals surface area contributed by atoms with Gasteiger partial charge in [-0.05, 0) is 18.9 Å². The first-order chi connectivity index (χ1) is 7.24. The molecular formula is C10H15N5. The highest BCUT2D eigenvalue weighted by Crippen LogP contribution is 2.08. The van der Waals surface area contributed by atoms with Crippen molar-refractivity contribution in [1.82, 2.24) is 10.6 Å². The van der Waals surface area contributed by atoms with Crippen LogP contribution in [-0.4, -0.2) is 24.6 Å². The molecule has 0 amide bonds. The quantitative estimate of drug-likeness (QED) is 0.597. The van der Waals surface area contributed by atoms with Gasteiger partial charge in [-0.1, -0.05) is 18.2 Å². The van der Waals surface area contributed by atoms with Crippen molar-refractivity contribution in [2.24, 2.45) is 15.7 Å². The zero-order chi connectivity index (χ0) is 10.7. The summed E-state index contributed by atoms with van der Waals surface area (Å²) in [6.07, 6.45) is 7.37. The van der Waals surface area contributed by atoms with E-state index in [0.29, 0.717) is 18.5 Å². The van der Waals surface area contributed by atoms with Gasteiger partial charge >= 0.3 is 0 Å². The predicted molar refractivity (Wildman–Crippen MR) is 61.5 cm³/mol. The van der Waals surface area contributed by atoms with Crippen LogP contribution in [0.4, 0.5) is 0 Å². The highest BCUT2D eigenvalue weighted by Gasteiger charge is 2.11. The number of nitrogens with zero attached hydrogens (tertiary/aromatic N) is 2. The van der Waals surface area contributed by atoms with Crippen molar-refractivity contribution >= 4 is 11.9 Å². The fraction of sp³-hybridized carbons (Fsp3) is 0.400. The molecule has 5 nitrogen and oxygen atoms in total. The van der Waals surface area contributed by atoms with Crippen LogP contribution in [0.5, 0.6) is 0 Å². The molecule has 1 unspecified atom stereocenters. The van der Waals surface area contributed by atoms with Crippen LogP contribution < -0.4 is 16.4 Å². The minimum absolute atomic E-state index is 0.0156. The lowest BCUT2D eigenvalue weighted by atomic mass is 10.3. The summed E-state index contributed by atoms with van der Waals surface area (Å²) in [5.74, 6) is 1.10. The third kappa shape index (κ3) is 2.59. The van der Waals surface area contributed by atoms with Gasteiger partial charge in [0.2, 0.25) is 0 Å². The van der Waals surface area contributed by atoms with E-state index in [9.17, 15) is 0 Å². The van der Waals surface area contributed by atoms with Gasteiger partial charge in [0, 0.05) is 0 Å². The maximum absolute atomic E-state index is 5.59. The number of nitrogens with two attached hydrogens (primary N) is 1. The van der Waals surface area contributed by atoms with Crippen molar-refractivity contribution in [2.75, 3.05) is 6.54 Å². The molecule has 0 saturated carbocycles. The van der Waals surface area contributed by atoms with Crippen LogP contribution in [0.3, 0.4) is 0 Å². The lowest BCUT2D eigenvalue weighted by Crippen LogP contribution is -2.52. The second kappa shape index (κ2) is 4.16. The summed E-state index contributed by atoms with van der Waals surface area (Å²) in [5, 5.41) is 5.98. The van der Waals surface area contributed by atoms with Crippen molar-refractivity contribution in [3.63, 3.8) is 0 Å². The van der Waals surface area contributed by atoms with Crippen molar-refractivity contribution in [2.45, 2.75) is 19.5 Å². The van der Waals surface area contributed by atoms with E-state index < -0.39 is 0 Å². The highest BCUT2D eigenvalue weighted by atomic mass is 15.3. The molecule has 0 aromatic rings. The molecule has 0 bridgehead atoms. The van der Waals surface area contributed by atoms with Gasteiger partial charge in [0.05, 0.1) is 6.54 Å². The molecule has 80 valence electrons. The zero-order valence-corrected chi connectivity index (χ0v) is 8.70. The Morgan fingerprint density at radius 3 is 3.20 bits per heavy atom. The summed E-state index contributed by atoms with van der Waals surface area (Å²) >= 11 is 0. The SMILES string of the molecule is CC1N=C(N)NC(=NCC2=CCC=C2)N1. The molecule has 2 aliphatic rings. The van der Waals surface area contributed by atoms with Crippen LogP contribution in [0, 0.1) is 0 Å². The number of rotatable bonds is 2. The average Bonchev–Trinajstić information content (AvgIpc) is 2.65. The van der Waals surface area contributed by atoms with Gasteiger partial charge < -0.3 is 11.1 Å². The van der Waals surface area contributed by atoms with Crippen LogP contribution in [0.1, 0.15) is 13.3 Å². The lowest BCUT2D eigenvalue weighted by Gasteiger charge is -2.20. The van der Waals surface area contributed by atoms with Crippen LogP contribution in [0.2, 0.25) is 0 Å². The summed E-state index contributed by atoms with van der Waals surface area (Å²) in [7, 11) is 0. The van der Waals surface area contributed by atoms with Crippen LogP contribution in [0.15, 0.2) is 33.8 Å². The molecule has 0 aromatic heterocycles. The van der Waals surface area contributed by atoms with Crippen LogP contribution in [0.25, 0.3) is 0 Å². The normalized spacial score (nSPS) is 27.0. The molecule has 5 heteroatoms. The van der Waals surface area contributed by atoms with Gasteiger partial charge in [-0.2, -0.15) is 0 Å². The Morgan fingerprint density at radius 2 is 2.53 bits per heavy atom. The van der Waals surface area contributed by atoms with Gasteiger partial charge in [-0.3, -0.25) is 5.32 Å². The van der Waals surface area contributed by atoms with E-state index in [1.807, 2.05) is 6.92 Å². The second-order valence-corrected chi connectivity index (χ2v) is 3.54. The Kier molecular flexibility index (Phi) is 2.71. The fourth-order valence-electron chi connectivity index (χ4n) is 1.51. The van der Waals surface area contributed by atoms with Crippen molar-refractivity contribution in [3.8, 4) is 0 Å². The summed E-state index contributed by atoms with van der Waals surface area (Å²) in [6.45, 7) is 2.60. The molecule has 4 N–H and O–H groups in total. The second-order valence-electron chi connectivity index (χ2n) is 3.54.